The van der Waals surface area contributed by atoms with Gasteiger partial charge in [-0.1, -0.05) is 18.2 Å². The maximum Gasteiger partial charge on any atom is 0.365 e. The Morgan fingerprint density at radius 1 is 1.16 bits per heavy atom. The van der Waals surface area contributed by atoms with Crippen LogP contribution in [0.4, 0.5) is 5.82 Å². The third kappa shape index (κ3) is 3.34. The number of benzene rings is 1. The molecule has 1 amide bonds. The third-order valence-electron chi connectivity index (χ3n) is 5.27. The molecular weight excluding hydrogens is 428 g/mol. The van der Waals surface area contributed by atoms with Crippen molar-refractivity contribution >= 4 is 29.0 Å². The van der Waals surface area contributed by atoms with Crippen LogP contribution in [0.2, 0.25) is 0 Å². The molecule has 0 fully saturated rings. The van der Waals surface area contributed by atoms with Gasteiger partial charge in [0.15, 0.2) is 5.82 Å². The predicted octanol–water partition coefficient (Wildman–Crippen LogP) is 3.90. The van der Waals surface area contributed by atoms with Crippen LogP contribution < -0.4 is 4.90 Å². The number of hydrogen-bond acceptors (Lipinski definition) is 7. The third-order valence-corrected chi connectivity index (χ3v) is 6.10. The second kappa shape index (κ2) is 7.65. The SMILES string of the molecule is CC(C)n1cnnc1-c1cccc(N2Cc3ccc(-c4csc(C(=O)O)n4)cc3C2=O)n1. The summed E-state index contributed by atoms with van der Waals surface area (Å²) in [6, 6.07) is 11.2. The molecule has 1 aliphatic heterocycles. The first-order valence-electron chi connectivity index (χ1n) is 9.93. The summed E-state index contributed by atoms with van der Waals surface area (Å²) in [5.74, 6) is -0.0501. The molecule has 1 N–H and O–H groups in total. The van der Waals surface area contributed by atoms with E-state index < -0.39 is 5.97 Å². The number of fused-ring (bicyclic) bond motifs is 1. The molecule has 0 aliphatic carbocycles. The van der Waals surface area contributed by atoms with E-state index in [1.165, 1.54) is 0 Å². The Morgan fingerprint density at radius 3 is 2.75 bits per heavy atom. The van der Waals surface area contributed by atoms with E-state index in [2.05, 4.69) is 20.2 Å². The quantitative estimate of drug-likeness (QED) is 0.494. The maximum atomic E-state index is 13.2. The molecule has 1 aliphatic rings. The number of carboxylic acid groups (broad SMARTS) is 1. The Balaban J connectivity index is 1.46. The molecule has 3 aromatic heterocycles. The normalized spacial score (nSPS) is 13.1. The second-order valence-electron chi connectivity index (χ2n) is 7.64. The number of rotatable bonds is 5. The summed E-state index contributed by atoms with van der Waals surface area (Å²) in [5.41, 5.74) is 3.32. The molecular formula is C22H18N6O3S. The fourth-order valence-corrected chi connectivity index (χ4v) is 4.32. The van der Waals surface area contributed by atoms with E-state index in [1.807, 2.05) is 42.7 Å². The van der Waals surface area contributed by atoms with Gasteiger partial charge in [-0.3, -0.25) is 9.69 Å². The average molecular weight is 446 g/mol. The minimum atomic E-state index is -1.07. The largest absolute Gasteiger partial charge is 0.476 e. The summed E-state index contributed by atoms with van der Waals surface area (Å²) in [4.78, 5) is 34.8. The number of nitrogens with zero attached hydrogens (tertiary/aromatic N) is 6. The highest BCUT2D eigenvalue weighted by atomic mass is 32.1. The van der Waals surface area contributed by atoms with Crippen LogP contribution in [0.15, 0.2) is 48.1 Å². The number of thiazole rings is 1. The Labute approximate surface area is 187 Å². The molecule has 4 aromatic rings. The van der Waals surface area contributed by atoms with Crippen LogP contribution >= 0.6 is 11.3 Å². The fourth-order valence-electron chi connectivity index (χ4n) is 3.65. The molecule has 0 atom stereocenters. The molecule has 5 rings (SSSR count). The van der Waals surface area contributed by atoms with E-state index >= 15 is 0 Å². The average Bonchev–Trinajstić information content (AvgIpc) is 3.52. The van der Waals surface area contributed by atoms with Gasteiger partial charge in [0.25, 0.3) is 5.91 Å². The van der Waals surface area contributed by atoms with E-state index in [1.54, 1.807) is 28.7 Å². The van der Waals surface area contributed by atoms with E-state index in [0.717, 1.165) is 16.9 Å². The van der Waals surface area contributed by atoms with Gasteiger partial charge in [0.05, 0.1) is 12.2 Å². The number of anilines is 1. The lowest BCUT2D eigenvalue weighted by atomic mass is 10.0. The smallest absolute Gasteiger partial charge is 0.365 e. The molecule has 0 radical (unpaired) electrons. The number of amides is 1. The lowest BCUT2D eigenvalue weighted by Gasteiger charge is -2.16. The zero-order valence-corrected chi connectivity index (χ0v) is 18.1. The van der Waals surface area contributed by atoms with Crippen LogP contribution in [-0.2, 0) is 6.54 Å². The molecule has 10 heteroatoms. The summed E-state index contributed by atoms with van der Waals surface area (Å²) in [7, 11) is 0. The van der Waals surface area contributed by atoms with Crippen LogP contribution in [0.25, 0.3) is 22.8 Å². The van der Waals surface area contributed by atoms with Crippen molar-refractivity contribution in [3.8, 4) is 22.8 Å². The van der Waals surface area contributed by atoms with Crippen LogP contribution in [-0.4, -0.2) is 41.7 Å². The summed E-state index contributed by atoms with van der Waals surface area (Å²) in [6.07, 6.45) is 1.67. The number of carboxylic acids is 1. The first-order chi connectivity index (χ1) is 15.4. The van der Waals surface area contributed by atoms with Crippen molar-refractivity contribution in [1.82, 2.24) is 24.7 Å². The molecule has 0 spiro atoms. The van der Waals surface area contributed by atoms with Crippen molar-refractivity contribution < 1.29 is 14.7 Å². The predicted molar refractivity (Wildman–Crippen MR) is 119 cm³/mol. The van der Waals surface area contributed by atoms with E-state index in [-0.39, 0.29) is 17.0 Å². The maximum absolute atomic E-state index is 13.2. The van der Waals surface area contributed by atoms with E-state index in [4.69, 9.17) is 5.11 Å². The van der Waals surface area contributed by atoms with E-state index in [0.29, 0.717) is 40.7 Å². The fraction of sp³-hybridized carbons (Fsp3) is 0.182. The van der Waals surface area contributed by atoms with Gasteiger partial charge in [-0.05, 0) is 37.6 Å². The van der Waals surface area contributed by atoms with Gasteiger partial charge < -0.3 is 9.67 Å². The number of carbonyl (C=O) groups excluding carboxylic acids is 1. The van der Waals surface area contributed by atoms with Gasteiger partial charge in [0.2, 0.25) is 5.01 Å². The van der Waals surface area contributed by atoms with Crippen LogP contribution in [0.5, 0.6) is 0 Å². The molecule has 9 nitrogen and oxygen atoms in total. The molecule has 32 heavy (non-hydrogen) atoms. The van der Waals surface area contributed by atoms with Gasteiger partial charge >= 0.3 is 5.97 Å². The monoisotopic (exact) mass is 446 g/mol. The molecule has 0 bridgehead atoms. The number of carbonyl (C=O) groups is 2. The number of pyridine rings is 1. The highest BCUT2D eigenvalue weighted by Crippen LogP contribution is 2.32. The van der Waals surface area contributed by atoms with Crippen molar-refractivity contribution in [2.24, 2.45) is 0 Å². The molecule has 0 saturated heterocycles. The highest BCUT2D eigenvalue weighted by Gasteiger charge is 2.30. The highest BCUT2D eigenvalue weighted by molar-refractivity contribution is 7.11. The van der Waals surface area contributed by atoms with Crippen LogP contribution in [0.3, 0.4) is 0 Å². The summed E-state index contributed by atoms with van der Waals surface area (Å²) in [5, 5.41) is 19.0. The van der Waals surface area contributed by atoms with Gasteiger partial charge in [-0.25, -0.2) is 14.8 Å². The minimum absolute atomic E-state index is 0.0173. The molecule has 4 heterocycles. The van der Waals surface area contributed by atoms with Crippen molar-refractivity contribution in [3.05, 3.63) is 64.2 Å². The Morgan fingerprint density at radius 2 is 2.00 bits per heavy atom. The molecule has 0 saturated carbocycles. The van der Waals surface area contributed by atoms with Gasteiger partial charge in [0.1, 0.15) is 17.8 Å². The number of aromatic carboxylic acids is 1. The molecule has 1 aromatic carbocycles. The summed E-state index contributed by atoms with van der Waals surface area (Å²) >= 11 is 1.06. The van der Waals surface area contributed by atoms with E-state index in [9.17, 15) is 9.59 Å². The summed E-state index contributed by atoms with van der Waals surface area (Å²) in [6.45, 7) is 4.48. The standard InChI is InChI=1S/C22H18N6O3S/c1-12(2)28-11-23-26-19(28)16-4-3-5-18(24-16)27-9-14-7-6-13(8-15(14)21(27)29)17-10-32-20(25-17)22(30)31/h3-8,10-12H,9H2,1-2H3,(H,30,31). The topological polar surface area (TPSA) is 114 Å². The van der Waals surface area contributed by atoms with Crippen molar-refractivity contribution in [2.75, 3.05) is 4.90 Å². The van der Waals surface area contributed by atoms with Crippen molar-refractivity contribution in [1.29, 1.82) is 0 Å². The first kappa shape index (κ1) is 20.0. The number of hydrogen-bond donors (Lipinski definition) is 1. The lowest BCUT2D eigenvalue weighted by Crippen LogP contribution is -2.24. The van der Waals surface area contributed by atoms with Crippen LogP contribution in [0, 0.1) is 0 Å². The Bertz CT molecular complexity index is 1360. The minimum Gasteiger partial charge on any atom is -0.476 e. The second-order valence-corrected chi connectivity index (χ2v) is 8.50. The van der Waals surface area contributed by atoms with Crippen molar-refractivity contribution in [3.63, 3.8) is 0 Å². The molecule has 160 valence electrons. The zero-order chi connectivity index (χ0) is 22.4. The van der Waals surface area contributed by atoms with Crippen LogP contribution in [0.1, 0.15) is 45.6 Å². The lowest BCUT2D eigenvalue weighted by molar-refractivity contribution is 0.0696. The number of aromatic nitrogens is 5. The Kier molecular flexibility index (Phi) is 4.78. The molecule has 0 unspecified atom stereocenters. The first-order valence-corrected chi connectivity index (χ1v) is 10.8. The zero-order valence-electron chi connectivity index (χ0n) is 17.3. The van der Waals surface area contributed by atoms with Gasteiger partial charge in [-0.15, -0.1) is 21.5 Å². The van der Waals surface area contributed by atoms with Gasteiger partial charge in [-0.2, -0.15) is 0 Å². The Hall–Kier alpha value is -3.92. The summed E-state index contributed by atoms with van der Waals surface area (Å²) < 4.78 is 1.93. The van der Waals surface area contributed by atoms with Gasteiger partial charge in [0, 0.05) is 22.5 Å². The van der Waals surface area contributed by atoms with Crippen molar-refractivity contribution in [2.45, 2.75) is 26.4 Å².